The van der Waals surface area contributed by atoms with Crippen LogP contribution in [0, 0.1) is 5.92 Å². The van der Waals surface area contributed by atoms with E-state index in [1.165, 1.54) is 0 Å². The summed E-state index contributed by atoms with van der Waals surface area (Å²) in [6, 6.07) is 4.71. The van der Waals surface area contributed by atoms with Crippen LogP contribution in [0.2, 0.25) is 0 Å². The third-order valence-corrected chi connectivity index (χ3v) is 7.62. The average molecular weight is 484 g/mol. The van der Waals surface area contributed by atoms with Crippen molar-refractivity contribution >= 4 is 29.2 Å². The van der Waals surface area contributed by atoms with Gasteiger partial charge in [-0.25, -0.2) is 0 Å². The fraction of sp³-hybridized carbons (Fsp3) is 0.615. The quantitative estimate of drug-likeness (QED) is 0.524. The van der Waals surface area contributed by atoms with Crippen molar-refractivity contribution in [2.75, 3.05) is 18.8 Å². The lowest BCUT2D eigenvalue weighted by Crippen LogP contribution is -2.58. The minimum absolute atomic E-state index is 0.0104. The van der Waals surface area contributed by atoms with Gasteiger partial charge in [0.25, 0.3) is 5.91 Å². The summed E-state index contributed by atoms with van der Waals surface area (Å²) in [7, 11) is 0. The zero-order chi connectivity index (χ0) is 25.3. The van der Waals surface area contributed by atoms with Crippen LogP contribution in [-0.2, 0) is 14.4 Å². The van der Waals surface area contributed by atoms with Crippen molar-refractivity contribution in [3.8, 4) is 0 Å². The SMILES string of the molecule is CC(C)CC(NC(=O)c1ccc(N)cc1)C(=O)N1CCC2C1C(=O)CN2C(=O)C1(N)CCCCC1. The first-order valence-electron chi connectivity index (χ1n) is 12.7. The fourth-order valence-electron chi connectivity index (χ4n) is 5.79. The van der Waals surface area contributed by atoms with Gasteiger partial charge in [0.05, 0.1) is 18.1 Å². The van der Waals surface area contributed by atoms with Gasteiger partial charge in [0, 0.05) is 17.8 Å². The Labute approximate surface area is 206 Å². The number of anilines is 1. The molecular formula is C26H37N5O4. The third kappa shape index (κ3) is 5.05. The molecular weight excluding hydrogens is 446 g/mol. The number of rotatable bonds is 6. The number of nitrogens with zero attached hydrogens (tertiary/aromatic N) is 2. The number of fused-ring (bicyclic) bond motifs is 1. The standard InChI is InChI=1S/C26H37N5O4/c1-16(2)14-19(29-23(33)17-6-8-18(27)9-7-17)24(34)30-13-10-20-22(30)21(32)15-31(20)25(35)26(28)11-4-3-5-12-26/h6-9,16,19-20,22H,3-5,10-15,27-28H2,1-2H3,(H,29,33). The summed E-state index contributed by atoms with van der Waals surface area (Å²) >= 11 is 0. The minimum atomic E-state index is -0.919. The normalized spacial score (nSPS) is 24.4. The lowest BCUT2D eigenvalue weighted by molar-refractivity contribution is -0.140. The molecule has 3 unspecified atom stereocenters. The summed E-state index contributed by atoms with van der Waals surface area (Å²) in [6.45, 7) is 4.32. The van der Waals surface area contributed by atoms with Gasteiger partial charge in [0.15, 0.2) is 5.78 Å². The molecule has 3 fully saturated rings. The molecule has 1 saturated carbocycles. The van der Waals surface area contributed by atoms with Crippen molar-refractivity contribution in [1.29, 1.82) is 0 Å². The zero-order valence-corrected chi connectivity index (χ0v) is 20.7. The molecule has 190 valence electrons. The topological polar surface area (TPSA) is 139 Å². The van der Waals surface area contributed by atoms with E-state index < -0.39 is 17.6 Å². The number of benzene rings is 1. The number of likely N-dealkylation sites (tertiary alicyclic amines) is 2. The predicted octanol–water partition coefficient (Wildman–Crippen LogP) is 1.46. The maximum atomic E-state index is 13.6. The molecule has 0 aromatic heterocycles. The second-order valence-electron chi connectivity index (χ2n) is 10.7. The van der Waals surface area contributed by atoms with Gasteiger partial charge in [-0.3, -0.25) is 19.2 Å². The minimum Gasteiger partial charge on any atom is -0.399 e. The van der Waals surface area contributed by atoms with Crippen LogP contribution in [0.3, 0.4) is 0 Å². The Morgan fingerprint density at radius 2 is 1.74 bits per heavy atom. The van der Waals surface area contributed by atoms with E-state index in [2.05, 4.69) is 5.32 Å². The van der Waals surface area contributed by atoms with E-state index in [4.69, 9.17) is 11.5 Å². The Morgan fingerprint density at radius 1 is 1.09 bits per heavy atom. The first-order valence-corrected chi connectivity index (χ1v) is 12.7. The van der Waals surface area contributed by atoms with Gasteiger partial charge in [-0.15, -0.1) is 0 Å². The molecule has 9 heteroatoms. The first-order chi connectivity index (χ1) is 16.6. The summed E-state index contributed by atoms with van der Waals surface area (Å²) in [5.74, 6) is -0.797. The lowest BCUT2D eigenvalue weighted by atomic mass is 9.81. The number of nitrogen functional groups attached to an aromatic ring is 1. The molecule has 3 amide bonds. The van der Waals surface area contributed by atoms with E-state index in [9.17, 15) is 19.2 Å². The largest absolute Gasteiger partial charge is 0.399 e. The smallest absolute Gasteiger partial charge is 0.251 e. The van der Waals surface area contributed by atoms with E-state index in [-0.39, 0.29) is 42.0 Å². The first kappa shape index (κ1) is 25.2. The Balaban J connectivity index is 1.49. The Bertz CT molecular complexity index is 986. The Kier molecular flexibility index (Phi) is 7.17. The molecule has 4 rings (SSSR count). The highest BCUT2D eigenvalue weighted by Crippen LogP contribution is 2.35. The average Bonchev–Trinajstić information content (AvgIpc) is 3.39. The van der Waals surface area contributed by atoms with Gasteiger partial charge in [0.2, 0.25) is 11.8 Å². The molecule has 2 heterocycles. The van der Waals surface area contributed by atoms with Gasteiger partial charge in [-0.05, 0) is 55.9 Å². The molecule has 3 atom stereocenters. The molecule has 2 aliphatic heterocycles. The van der Waals surface area contributed by atoms with Crippen LogP contribution in [-0.4, -0.2) is 70.1 Å². The van der Waals surface area contributed by atoms with E-state index in [0.29, 0.717) is 43.5 Å². The zero-order valence-electron chi connectivity index (χ0n) is 20.7. The maximum Gasteiger partial charge on any atom is 0.251 e. The predicted molar refractivity (Wildman–Crippen MR) is 132 cm³/mol. The van der Waals surface area contributed by atoms with Crippen LogP contribution in [0.25, 0.3) is 0 Å². The second-order valence-corrected chi connectivity index (χ2v) is 10.7. The molecule has 5 N–H and O–H groups in total. The summed E-state index contributed by atoms with van der Waals surface area (Å²) < 4.78 is 0. The monoisotopic (exact) mass is 483 g/mol. The van der Waals surface area contributed by atoms with Crippen molar-refractivity contribution in [2.45, 2.75) is 82.5 Å². The van der Waals surface area contributed by atoms with Crippen molar-refractivity contribution in [3.63, 3.8) is 0 Å². The van der Waals surface area contributed by atoms with Gasteiger partial charge in [0.1, 0.15) is 12.1 Å². The summed E-state index contributed by atoms with van der Waals surface area (Å²) in [5, 5.41) is 2.86. The van der Waals surface area contributed by atoms with Crippen LogP contribution >= 0.6 is 0 Å². The number of hydrogen-bond donors (Lipinski definition) is 3. The number of hydrogen-bond acceptors (Lipinski definition) is 6. The molecule has 1 aromatic carbocycles. The highest BCUT2D eigenvalue weighted by molar-refractivity contribution is 6.01. The van der Waals surface area contributed by atoms with E-state index in [1.54, 1.807) is 34.1 Å². The number of amides is 3. The van der Waals surface area contributed by atoms with Crippen molar-refractivity contribution in [3.05, 3.63) is 29.8 Å². The van der Waals surface area contributed by atoms with Crippen LogP contribution in [0.15, 0.2) is 24.3 Å². The lowest BCUT2D eigenvalue weighted by Gasteiger charge is -2.37. The van der Waals surface area contributed by atoms with E-state index in [0.717, 1.165) is 19.3 Å². The molecule has 2 saturated heterocycles. The molecule has 3 aliphatic rings. The van der Waals surface area contributed by atoms with Crippen molar-refractivity contribution in [1.82, 2.24) is 15.1 Å². The number of ketones is 1. The Morgan fingerprint density at radius 3 is 2.37 bits per heavy atom. The van der Waals surface area contributed by atoms with E-state index in [1.807, 2.05) is 13.8 Å². The number of nitrogens with two attached hydrogens (primary N) is 2. The maximum absolute atomic E-state index is 13.6. The number of nitrogens with one attached hydrogen (secondary N) is 1. The van der Waals surface area contributed by atoms with Gasteiger partial charge in [-0.1, -0.05) is 33.1 Å². The highest BCUT2D eigenvalue weighted by Gasteiger charge is 2.54. The van der Waals surface area contributed by atoms with Crippen LogP contribution in [0.1, 0.15) is 69.2 Å². The number of carbonyl (C=O) groups is 4. The van der Waals surface area contributed by atoms with Gasteiger partial charge < -0.3 is 26.6 Å². The molecule has 1 aliphatic carbocycles. The van der Waals surface area contributed by atoms with Gasteiger partial charge >= 0.3 is 0 Å². The third-order valence-electron chi connectivity index (χ3n) is 7.62. The summed E-state index contributed by atoms with van der Waals surface area (Å²) in [6.07, 6.45) is 5.12. The second kappa shape index (κ2) is 9.97. The fourth-order valence-corrected chi connectivity index (χ4v) is 5.79. The molecule has 35 heavy (non-hydrogen) atoms. The molecule has 1 aromatic rings. The van der Waals surface area contributed by atoms with Crippen LogP contribution < -0.4 is 16.8 Å². The molecule has 0 bridgehead atoms. The number of Topliss-reactive ketones (excluding diaryl/α,β-unsaturated/α-hetero) is 1. The van der Waals surface area contributed by atoms with Crippen LogP contribution in [0.4, 0.5) is 5.69 Å². The molecule has 0 spiro atoms. The van der Waals surface area contributed by atoms with Crippen molar-refractivity contribution in [2.24, 2.45) is 11.7 Å². The highest BCUT2D eigenvalue weighted by atomic mass is 16.2. The van der Waals surface area contributed by atoms with E-state index >= 15 is 0 Å². The van der Waals surface area contributed by atoms with Crippen molar-refractivity contribution < 1.29 is 19.2 Å². The summed E-state index contributed by atoms with van der Waals surface area (Å²) in [4.78, 5) is 56.1. The Hall–Kier alpha value is -2.94. The van der Waals surface area contributed by atoms with Gasteiger partial charge in [-0.2, -0.15) is 0 Å². The molecule has 9 nitrogen and oxygen atoms in total. The number of carbonyl (C=O) groups excluding carboxylic acids is 4. The van der Waals surface area contributed by atoms with Crippen LogP contribution in [0.5, 0.6) is 0 Å². The molecule has 0 radical (unpaired) electrons. The summed E-state index contributed by atoms with van der Waals surface area (Å²) in [5.41, 5.74) is 12.2.